The van der Waals surface area contributed by atoms with Gasteiger partial charge in [0.1, 0.15) is 11.4 Å². The molecule has 1 N–H and O–H groups in total. The normalized spacial score (nSPS) is 13.9. The Morgan fingerprint density at radius 3 is 2.73 bits per heavy atom. The Balaban J connectivity index is 1.87. The maximum atomic E-state index is 13.3. The summed E-state index contributed by atoms with van der Waals surface area (Å²) in [6, 6.07) is 9.60. The molecule has 0 radical (unpaired) electrons. The zero-order chi connectivity index (χ0) is 15.7. The van der Waals surface area contributed by atoms with E-state index in [1.807, 2.05) is 0 Å². The van der Waals surface area contributed by atoms with E-state index in [1.54, 1.807) is 36.1 Å². The number of carbonyl (C=O) groups is 1. The van der Waals surface area contributed by atoms with E-state index < -0.39 is 0 Å². The molecule has 1 aliphatic carbocycles. The second-order valence-corrected chi connectivity index (χ2v) is 5.68. The van der Waals surface area contributed by atoms with Gasteiger partial charge in [-0.15, -0.1) is 0 Å². The Kier molecular flexibility index (Phi) is 3.79. The second kappa shape index (κ2) is 5.75. The number of halogens is 1. The summed E-state index contributed by atoms with van der Waals surface area (Å²) >= 11 is 0. The molecule has 1 amide bonds. The van der Waals surface area contributed by atoms with Crippen molar-refractivity contribution in [3.8, 4) is 0 Å². The number of benzene rings is 1. The zero-order valence-electron chi connectivity index (χ0n) is 12.3. The summed E-state index contributed by atoms with van der Waals surface area (Å²) < 4.78 is 13.3. The topological polar surface area (TPSA) is 53.2 Å². The van der Waals surface area contributed by atoms with E-state index in [0.29, 0.717) is 12.2 Å². The fourth-order valence-corrected chi connectivity index (χ4v) is 2.48. The lowest BCUT2D eigenvalue weighted by Crippen LogP contribution is -2.36. The van der Waals surface area contributed by atoms with Crippen LogP contribution in [-0.4, -0.2) is 21.8 Å². The third kappa shape index (κ3) is 3.08. The van der Waals surface area contributed by atoms with Crippen molar-refractivity contribution in [2.45, 2.75) is 32.4 Å². The van der Waals surface area contributed by atoms with Crippen LogP contribution in [0.2, 0.25) is 0 Å². The third-order valence-electron chi connectivity index (χ3n) is 3.78. The first-order valence-electron chi connectivity index (χ1n) is 7.30. The number of aromatic nitrogens is 1. The van der Waals surface area contributed by atoms with Crippen LogP contribution in [0.3, 0.4) is 0 Å². The summed E-state index contributed by atoms with van der Waals surface area (Å²) in [5, 5.41) is 0. The summed E-state index contributed by atoms with van der Waals surface area (Å²) in [5.41, 5.74) is 1.19. The number of nitrogens with one attached hydrogen (secondary N) is 1. The number of rotatable bonds is 4. The van der Waals surface area contributed by atoms with Crippen LogP contribution in [-0.2, 0) is 6.54 Å². The molecule has 4 nitrogen and oxygen atoms in total. The van der Waals surface area contributed by atoms with Gasteiger partial charge in [-0.2, -0.15) is 0 Å². The molecule has 1 fully saturated rings. The van der Waals surface area contributed by atoms with E-state index >= 15 is 0 Å². The summed E-state index contributed by atoms with van der Waals surface area (Å²) in [5.74, 6) is -0.623. The van der Waals surface area contributed by atoms with Crippen LogP contribution in [0.25, 0.3) is 0 Å². The molecule has 1 saturated carbocycles. The van der Waals surface area contributed by atoms with Gasteiger partial charge in [0.25, 0.3) is 11.5 Å². The highest BCUT2D eigenvalue weighted by atomic mass is 19.1. The predicted octanol–water partition coefficient (Wildman–Crippen LogP) is 2.63. The Hall–Kier alpha value is -2.43. The van der Waals surface area contributed by atoms with Crippen molar-refractivity contribution in [2.75, 3.05) is 0 Å². The van der Waals surface area contributed by atoms with Gasteiger partial charge in [-0.05, 0) is 49.6 Å². The van der Waals surface area contributed by atoms with Crippen molar-refractivity contribution in [3.63, 3.8) is 0 Å². The monoisotopic (exact) mass is 300 g/mol. The highest BCUT2D eigenvalue weighted by molar-refractivity contribution is 5.94. The molecule has 114 valence electrons. The average molecular weight is 300 g/mol. The minimum atomic E-state index is -0.380. The Bertz CT molecular complexity index is 765. The second-order valence-electron chi connectivity index (χ2n) is 5.68. The number of nitrogens with zero attached hydrogens (tertiary/aromatic N) is 1. The van der Waals surface area contributed by atoms with Gasteiger partial charge in [0.15, 0.2) is 0 Å². The summed E-state index contributed by atoms with van der Waals surface area (Å²) in [6.45, 7) is 2.08. The van der Waals surface area contributed by atoms with Crippen molar-refractivity contribution in [3.05, 3.63) is 69.4 Å². The molecule has 0 spiro atoms. The summed E-state index contributed by atoms with van der Waals surface area (Å²) in [6.07, 6.45) is 1.84. The Labute approximate surface area is 127 Å². The molecule has 0 bridgehead atoms. The quantitative estimate of drug-likeness (QED) is 0.943. The van der Waals surface area contributed by atoms with Gasteiger partial charge >= 0.3 is 0 Å². The number of H-pyrrole nitrogens is 1. The van der Waals surface area contributed by atoms with Crippen LogP contribution in [0.15, 0.2) is 41.2 Å². The minimum absolute atomic E-state index is 0.133. The standard InChI is InChI=1S/C17H17FN2O2/c1-11-5-8-15(16(21)19-11)17(22)20(14-6-7-14)10-12-3-2-4-13(18)9-12/h2-5,8-9,14H,6-7,10H2,1H3,(H,19,21). The zero-order valence-corrected chi connectivity index (χ0v) is 12.3. The third-order valence-corrected chi connectivity index (χ3v) is 3.78. The molecule has 0 atom stereocenters. The van der Waals surface area contributed by atoms with Crippen molar-refractivity contribution in [1.82, 2.24) is 9.88 Å². The number of amides is 1. The van der Waals surface area contributed by atoms with Gasteiger partial charge in [0.2, 0.25) is 0 Å². The van der Waals surface area contributed by atoms with Crippen LogP contribution in [0, 0.1) is 12.7 Å². The van der Waals surface area contributed by atoms with Crippen LogP contribution in [0.4, 0.5) is 4.39 Å². The summed E-state index contributed by atoms with van der Waals surface area (Å²) in [7, 11) is 0. The lowest BCUT2D eigenvalue weighted by atomic mass is 10.1. The predicted molar refractivity (Wildman–Crippen MR) is 81.1 cm³/mol. The van der Waals surface area contributed by atoms with Crippen molar-refractivity contribution >= 4 is 5.91 Å². The molecule has 1 aromatic heterocycles. The number of carbonyl (C=O) groups excluding carboxylic acids is 1. The molecular weight excluding hydrogens is 283 g/mol. The molecule has 1 aliphatic rings. The van der Waals surface area contributed by atoms with Gasteiger partial charge in [-0.1, -0.05) is 12.1 Å². The molecule has 1 heterocycles. The Morgan fingerprint density at radius 1 is 1.32 bits per heavy atom. The lowest BCUT2D eigenvalue weighted by Gasteiger charge is -2.22. The fraction of sp³-hybridized carbons (Fsp3) is 0.294. The van der Waals surface area contributed by atoms with E-state index in [4.69, 9.17) is 0 Å². The fourth-order valence-electron chi connectivity index (χ4n) is 2.48. The van der Waals surface area contributed by atoms with Gasteiger partial charge in [-0.25, -0.2) is 4.39 Å². The molecular formula is C17H17FN2O2. The molecule has 3 rings (SSSR count). The lowest BCUT2D eigenvalue weighted by molar-refractivity contribution is 0.0728. The average Bonchev–Trinajstić information content (AvgIpc) is 3.29. The van der Waals surface area contributed by atoms with Gasteiger partial charge in [-0.3, -0.25) is 9.59 Å². The van der Waals surface area contributed by atoms with Gasteiger partial charge in [0.05, 0.1) is 0 Å². The largest absolute Gasteiger partial charge is 0.331 e. The van der Waals surface area contributed by atoms with E-state index in [9.17, 15) is 14.0 Å². The van der Waals surface area contributed by atoms with Crippen LogP contribution < -0.4 is 5.56 Å². The molecule has 0 unspecified atom stereocenters. The smallest absolute Gasteiger partial charge is 0.260 e. The van der Waals surface area contributed by atoms with E-state index in [2.05, 4.69) is 4.98 Å². The van der Waals surface area contributed by atoms with Crippen molar-refractivity contribution < 1.29 is 9.18 Å². The van der Waals surface area contributed by atoms with Crippen LogP contribution in [0.1, 0.15) is 34.5 Å². The number of hydrogen-bond donors (Lipinski definition) is 1. The number of aromatic amines is 1. The maximum absolute atomic E-state index is 13.3. The van der Waals surface area contributed by atoms with E-state index in [0.717, 1.165) is 18.4 Å². The molecule has 0 aliphatic heterocycles. The van der Waals surface area contributed by atoms with Crippen LogP contribution >= 0.6 is 0 Å². The van der Waals surface area contributed by atoms with Crippen molar-refractivity contribution in [1.29, 1.82) is 0 Å². The number of hydrogen-bond acceptors (Lipinski definition) is 2. The van der Waals surface area contributed by atoms with E-state index in [1.165, 1.54) is 12.1 Å². The first-order valence-corrected chi connectivity index (χ1v) is 7.30. The first-order chi connectivity index (χ1) is 10.5. The molecule has 5 heteroatoms. The van der Waals surface area contributed by atoms with Crippen LogP contribution in [0.5, 0.6) is 0 Å². The molecule has 0 saturated heterocycles. The highest BCUT2D eigenvalue weighted by Crippen LogP contribution is 2.29. The molecule has 22 heavy (non-hydrogen) atoms. The minimum Gasteiger partial charge on any atom is -0.331 e. The Morgan fingerprint density at radius 2 is 2.09 bits per heavy atom. The van der Waals surface area contributed by atoms with Crippen molar-refractivity contribution in [2.24, 2.45) is 0 Å². The molecule has 2 aromatic rings. The SMILES string of the molecule is Cc1ccc(C(=O)N(Cc2cccc(F)c2)C2CC2)c(=O)[nH]1. The number of aryl methyl sites for hydroxylation is 1. The summed E-state index contributed by atoms with van der Waals surface area (Å²) in [4.78, 5) is 28.9. The van der Waals surface area contributed by atoms with Gasteiger partial charge < -0.3 is 9.88 Å². The number of pyridine rings is 1. The van der Waals surface area contributed by atoms with E-state index in [-0.39, 0.29) is 28.9 Å². The first kappa shape index (κ1) is 14.5. The highest BCUT2D eigenvalue weighted by Gasteiger charge is 2.34. The molecule has 1 aromatic carbocycles. The van der Waals surface area contributed by atoms with Gasteiger partial charge in [0, 0.05) is 18.3 Å². The maximum Gasteiger partial charge on any atom is 0.260 e.